The largest absolute Gasteiger partial charge is 0.497 e. The lowest BCUT2D eigenvalue weighted by molar-refractivity contribution is 0.413. The van der Waals surface area contributed by atoms with Crippen molar-refractivity contribution in [2.75, 3.05) is 13.7 Å². The molecule has 2 nitrogen and oxygen atoms in total. The zero-order chi connectivity index (χ0) is 14.4. The minimum absolute atomic E-state index is 0.303. The second kappa shape index (κ2) is 7.32. The molecule has 3 heteroatoms. The van der Waals surface area contributed by atoms with E-state index in [2.05, 4.69) is 36.5 Å². The molecule has 20 heavy (non-hydrogen) atoms. The molecule has 1 atom stereocenters. The van der Waals surface area contributed by atoms with Crippen molar-refractivity contribution in [2.24, 2.45) is 0 Å². The maximum absolute atomic E-state index is 5.88. The van der Waals surface area contributed by atoms with Crippen molar-refractivity contribution in [3.63, 3.8) is 0 Å². The van der Waals surface area contributed by atoms with Crippen molar-refractivity contribution in [1.82, 2.24) is 5.32 Å². The maximum Gasteiger partial charge on any atom is 0.119 e. The number of rotatable bonds is 6. The van der Waals surface area contributed by atoms with Crippen LogP contribution in [-0.4, -0.2) is 13.7 Å². The van der Waals surface area contributed by atoms with Crippen molar-refractivity contribution in [2.45, 2.75) is 19.4 Å². The van der Waals surface area contributed by atoms with Gasteiger partial charge in [-0.3, -0.25) is 0 Å². The molecule has 0 fully saturated rings. The third kappa shape index (κ3) is 4.26. The molecular weight excluding hydrogens is 270 g/mol. The second-order valence-corrected chi connectivity index (χ2v) is 5.27. The van der Waals surface area contributed by atoms with Gasteiger partial charge in [0.25, 0.3) is 0 Å². The molecule has 106 valence electrons. The van der Waals surface area contributed by atoms with Gasteiger partial charge in [0.2, 0.25) is 0 Å². The molecule has 0 saturated heterocycles. The third-order valence-corrected chi connectivity index (χ3v) is 3.62. The van der Waals surface area contributed by atoms with Gasteiger partial charge in [-0.1, -0.05) is 35.9 Å². The van der Waals surface area contributed by atoms with E-state index < -0.39 is 0 Å². The van der Waals surface area contributed by atoms with E-state index in [1.54, 1.807) is 7.11 Å². The lowest BCUT2D eigenvalue weighted by atomic mass is 10.1. The molecule has 0 radical (unpaired) electrons. The molecule has 0 aliphatic carbocycles. The Morgan fingerprint density at radius 3 is 2.60 bits per heavy atom. The van der Waals surface area contributed by atoms with Crippen molar-refractivity contribution >= 4 is 11.6 Å². The lowest BCUT2D eigenvalue weighted by Gasteiger charge is -2.15. The van der Waals surface area contributed by atoms with E-state index in [9.17, 15) is 0 Å². The number of hydrogen-bond donors (Lipinski definition) is 1. The Balaban J connectivity index is 1.85. The van der Waals surface area contributed by atoms with Gasteiger partial charge < -0.3 is 10.1 Å². The average molecular weight is 290 g/mol. The quantitative estimate of drug-likeness (QED) is 0.859. The highest BCUT2D eigenvalue weighted by molar-refractivity contribution is 6.30. The highest BCUT2D eigenvalue weighted by Crippen LogP contribution is 2.18. The highest BCUT2D eigenvalue weighted by Gasteiger charge is 2.05. The van der Waals surface area contributed by atoms with Crippen LogP contribution in [-0.2, 0) is 6.42 Å². The molecule has 1 unspecified atom stereocenters. The summed E-state index contributed by atoms with van der Waals surface area (Å²) in [6.07, 6.45) is 0.992. The van der Waals surface area contributed by atoms with E-state index in [4.69, 9.17) is 16.3 Å². The molecule has 0 bridgehead atoms. The van der Waals surface area contributed by atoms with Crippen LogP contribution in [0.4, 0.5) is 0 Å². The number of nitrogens with one attached hydrogen (secondary N) is 1. The normalized spacial score (nSPS) is 12.2. The van der Waals surface area contributed by atoms with E-state index in [1.807, 2.05) is 24.3 Å². The zero-order valence-electron chi connectivity index (χ0n) is 11.9. The minimum atomic E-state index is 0.303. The van der Waals surface area contributed by atoms with Crippen LogP contribution in [0.5, 0.6) is 5.75 Å². The summed E-state index contributed by atoms with van der Waals surface area (Å²) in [5.41, 5.74) is 2.53. The summed E-state index contributed by atoms with van der Waals surface area (Å²) in [6.45, 7) is 3.09. The fraction of sp³-hybridized carbons (Fsp3) is 0.294. The zero-order valence-corrected chi connectivity index (χ0v) is 12.7. The number of hydrogen-bond acceptors (Lipinski definition) is 2. The fourth-order valence-electron chi connectivity index (χ4n) is 2.11. The Bertz CT molecular complexity index is 539. The maximum atomic E-state index is 5.88. The molecule has 0 aliphatic heterocycles. The lowest BCUT2D eigenvalue weighted by Crippen LogP contribution is -2.21. The number of benzene rings is 2. The topological polar surface area (TPSA) is 21.3 Å². The Hall–Kier alpha value is -1.51. The number of methoxy groups -OCH3 is 1. The molecule has 0 heterocycles. The van der Waals surface area contributed by atoms with Gasteiger partial charge in [0, 0.05) is 11.1 Å². The Morgan fingerprint density at radius 2 is 1.90 bits per heavy atom. The number of ether oxygens (including phenoxy) is 1. The Labute approximate surface area is 125 Å². The summed E-state index contributed by atoms with van der Waals surface area (Å²) in [5, 5.41) is 4.31. The first-order valence-corrected chi connectivity index (χ1v) is 7.18. The molecule has 2 aromatic rings. The van der Waals surface area contributed by atoms with Crippen LogP contribution in [0.1, 0.15) is 24.1 Å². The smallest absolute Gasteiger partial charge is 0.119 e. The van der Waals surface area contributed by atoms with E-state index in [0.29, 0.717) is 6.04 Å². The van der Waals surface area contributed by atoms with Gasteiger partial charge in [0.05, 0.1) is 7.11 Å². The molecule has 2 aromatic carbocycles. The summed E-state index contributed by atoms with van der Waals surface area (Å²) in [5.74, 6) is 0.897. The molecule has 0 spiro atoms. The van der Waals surface area contributed by atoms with Gasteiger partial charge in [-0.05, 0) is 55.3 Å². The van der Waals surface area contributed by atoms with Crippen molar-refractivity contribution in [3.05, 3.63) is 64.7 Å². The number of halogens is 1. The van der Waals surface area contributed by atoms with Gasteiger partial charge in [-0.2, -0.15) is 0 Å². The van der Waals surface area contributed by atoms with Crippen LogP contribution in [0.15, 0.2) is 48.5 Å². The molecule has 0 amide bonds. The first-order chi connectivity index (χ1) is 9.69. The SMILES string of the molecule is COc1cccc(C(C)NCCc2ccc(Cl)cc2)c1. The van der Waals surface area contributed by atoms with Gasteiger partial charge in [-0.25, -0.2) is 0 Å². The molecule has 0 aromatic heterocycles. The summed E-state index contributed by atoms with van der Waals surface area (Å²) < 4.78 is 5.25. The molecule has 1 N–H and O–H groups in total. The van der Waals surface area contributed by atoms with E-state index in [0.717, 1.165) is 23.7 Å². The van der Waals surface area contributed by atoms with Crippen LogP contribution in [0.3, 0.4) is 0 Å². The van der Waals surface area contributed by atoms with Gasteiger partial charge in [-0.15, -0.1) is 0 Å². The summed E-state index contributed by atoms with van der Waals surface area (Å²) in [7, 11) is 1.69. The third-order valence-electron chi connectivity index (χ3n) is 3.37. The first-order valence-electron chi connectivity index (χ1n) is 6.81. The second-order valence-electron chi connectivity index (χ2n) is 4.83. The van der Waals surface area contributed by atoms with Crippen LogP contribution >= 0.6 is 11.6 Å². The van der Waals surface area contributed by atoms with Crippen LogP contribution in [0, 0.1) is 0 Å². The van der Waals surface area contributed by atoms with Crippen LogP contribution < -0.4 is 10.1 Å². The Morgan fingerprint density at radius 1 is 1.15 bits per heavy atom. The van der Waals surface area contributed by atoms with E-state index in [-0.39, 0.29) is 0 Å². The minimum Gasteiger partial charge on any atom is -0.497 e. The first kappa shape index (κ1) is 14.9. The Kier molecular flexibility index (Phi) is 5.45. The molecule has 0 saturated carbocycles. The average Bonchev–Trinajstić information content (AvgIpc) is 2.49. The summed E-state index contributed by atoms with van der Waals surface area (Å²) in [6, 6.07) is 16.5. The predicted molar refractivity (Wildman–Crippen MR) is 84.6 cm³/mol. The van der Waals surface area contributed by atoms with Gasteiger partial charge in [0.15, 0.2) is 0 Å². The highest BCUT2D eigenvalue weighted by atomic mass is 35.5. The van der Waals surface area contributed by atoms with Crippen LogP contribution in [0.25, 0.3) is 0 Å². The molecule has 2 rings (SSSR count). The van der Waals surface area contributed by atoms with Gasteiger partial charge >= 0.3 is 0 Å². The van der Waals surface area contributed by atoms with Gasteiger partial charge in [0.1, 0.15) is 5.75 Å². The standard InChI is InChI=1S/C17H20ClNO/c1-13(15-4-3-5-17(12-15)20-2)19-11-10-14-6-8-16(18)9-7-14/h3-9,12-13,19H,10-11H2,1-2H3. The predicted octanol–water partition coefficient (Wildman–Crippen LogP) is 4.24. The fourth-order valence-corrected chi connectivity index (χ4v) is 2.24. The summed E-state index contributed by atoms with van der Waals surface area (Å²) >= 11 is 5.88. The van der Waals surface area contributed by atoms with Crippen LogP contribution in [0.2, 0.25) is 5.02 Å². The van der Waals surface area contributed by atoms with Crippen molar-refractivity contribution in [1.29, 1.82) is 0 Å². The molecule has 0 aliphatic rings. The van der Waals surface area contributed by atoms with Crippen molar-refractivity contribution in [3.8, 4) is 5.75 Å². The van der Waals surface area contributed by atoms with Crippen molar-refractivity contribution < 1.29 is 4.74 Å². The summed E-state index contributed by atoms with van der Waals surface area (Å²) in [4.78, 5) is 0. The monoisotopic (exact) mass is 289 g/mol. The van der Waals surface area contributed by atoms with E-state index >= 15 is 0 Å². The van der Waals surface area contributed by atoms with E-state index in [1.165, 1.54) is 11.1 Å². The molecular formula is C17H20ClNO.